The van der Waals surface area contributed by atoms with E-state index in [1.165, 1.54) is 18.5 Å². The van der Waals surface area contributed by atoms with Crippen LogP contribution in [0.2, 0.25) is 0 Å². The van der Waals surface area contributed by atoms with Gasteiger partial charge in [-0.1, -0.05) is 15.9 Å². The molecule has 0 amide bonds. The summed E-state index contributed by atoms with van der Waals surface area (Å²) in [7, 11) is 0. The van der Waals surface area contributed by atoms with Crippen molar-refractivity contribution >= 4 is 15.9 Å². The lowest BCUT2D eigenvalue weighted by Crippen LogP contribution is -2.36. The molecule has 1 N–H and O–H groups in total. The summed E-state index contributed by atoms with van der Waals surface area (Å²) in [5, 5.41) is 7.57. The van der Waals surface area contributed by atoms with Gasteiger partial charge in [-0.05, 0) is 44.5 Å². The minimum atomic E-state index is -0.260. The highest BCUT2D eigenvalue weighted by Gasteiger charge is 2.12. The number of rotatable bonds is 4. The first-order valence-corrected chi connectivity index (χ1v) is 7.19. The monoisotopic (exact) mass is 340 g/mol. The number of nitrogens with one attached hydrogen (secondary N) is 1. The lowest BCUT2D eigenvalue weighted by Gasteiger charge is -2.20. The molecule has 0 atom stereocenters. The zero-order valence-corrected chi connectivity index (χ0v) is 13.4. The Morgan fingerprint density at radius 2 is 2.05 bits per heavy atom. The third kappa shape index (κ3) is 4.38. The average molecular weight is 341 g/mol. The SMILES string of the molecule is CC(C)(C)NCc1ncnn1Cc1cc(F)cc(Br)c1. The van der Waals surface area contributed by atoms with Crippen LogP contribution in [0, 0.1) is 5.82 Å². The van der Waals surface area contributed by atoms with Crippen molar-refractivity contribution in [1.82, 2.24) is 20.1 Å². The molecule has 20 heavy (non-hydrogen) atoms. The van der Waals surface area contributed by atoms with E-state index in [9.17, 15) is 4.39 Å². The van der Waals surface area contributed by atoms with Crippen LogP contribution >= 0.6 is 15.9 Å². The van der Waals surface area contributed by atoms with Crippen molar-refractivity contribution in [3.63, 3.8) is 0 Å². The highest BCUT2D eigenvalue weighted by molar-refractivity contribution is 9.10. The molecule has 0 saturated heterocycles. The molecule has 0 bridgehead atoms. The summed E-state index contributed by atoms with van der Waals surface area (Å²) in [6, 6.07) is 4.83. The fourth-order valence-corrected chi connectivity index (χ4v) is 2.29. The number of hydrogen-bond donors (Lipinski definition) is 1. The van der Waals surface area contributed by atoms with E-state index in [-0.39, 0.29) is 11.4 Å². The van der Waals surface area contributed by atoms with Gasteiger partial charge >= 0.3 is 0 Å². The Hall–Kier alpha value is -1.27. The normalized spacial score (nSPS) is 11.8. The van der Waals surface area contributed by atoms with E-state index in [0.29, 0.717) is 13.1 Å². The van der Waals surface area contributed by atoms with Crippen molar-refractivity contribution < 1.29 is 4.39 Å². The van der Waals surface area contributed by atoms with E-state index in [0.717, 1.165) is 15.9 Å². The molecule has 2 rings (SSSR count). The summed E-state index contributed by atoms with van der Waals surface area (Å²) in [6.07, 6.45) is 1.52. The highest BCUT2D eigenvalue weighted by Crippen LogP contribution is 2.16. The van der Waals surface area contributed by atoms with Crippen molar-refractivity contribution in [2.45, 2.75) is 39.4 Å². The van der Waals surface area contributed by atoms with Crippen LogP contribution in [0.3, 0.4) is 0 Å². The summed E-state index contributed by atoms with van der Waals surface area (Å²) < 4.78 is 15.9. The van der Waals surface area contributed by atoms with Crippen LogP contribution in [0.1, 0.15) is 32.2 Å². The van der Waals surface area contributed by atoms with Crippen molar-refractivity contribution in [3.05, 3.63) is 46.2 Å². The van der Waals surface area contributed by atoms with Gasteiger partial charge in [0.15, 0.2) is 0 Å². The molecule has 0 fully saturated rings. The molecule has 0 radical (unpaired) electrons. The topological polar surface area (TPSA) is 42.7 Å². The molecule has 0 aliphatic heterocycles. The molecule has 0 unspecified atom stereocenters. The molecular weight excluding hydrogens is 323 g/mol. The first kappa shape index (κ1) is 15.1. The van der Waals surface area contributed by atoms with Crippen molar-refractivity contribution in [2.24, 2.45) is 0 Å². The van der Waals surface area contributed by atoms with Gasteiger partial charge in [0.05, 0.1) is 13.1 Å². The largest absolute Gasteiger partial charge is 0.305 e. The second kappa shape index (κ2) is 6.01. The molecule has 1 aromatic heterocycles. The van der Waals surface area contributed by atoms with Crippen LogP contribution in [0.4, 0.5) is 4.39 Å². The third-order valence-electron chi connectivity index (χ3n) is 2.73. The molecule has 0 aliphatic rings. The number of aromatic nitrogens is 3. The van der Waals surface area contributed by atoms with Gasteiger partial charge < -0.3 is 5.32 Å². The molecule has 6 heteroatoms. The number of benzene rings is 1. The Morgan fingerprint density at radius 1 is 1.30 bits per heavy atom. The lowest BCUT2D eigenvalue weighted by molar-refractivity contribution is 0.410. The van der Waals surface area contributed by atoms with Gasteiger partial charge in [0.25, 0.3) is 0 Å². The molecule has 108 valence electrons. The van der Waals surface area contributed by atoms with Crippen molar-refractivity contribution in [3.8, 4) is 0 Å². The molecule has 0 spiro atoms. The number of nitrogens with zero attached hydrogens (tertiary/aromatic N) is 3. The Kier molecular flexibility index (Phi) is 4.55. The van der Waals surface area contributed by atoms with E-state index in [4.69, 9.17) is 0 Å². The lowest BCUT2D eigenvalue weighted by atomic mass is 10.1. The smallest absolute Gasteiger partial charge is 0.141 e. The van der Waals surface area contributed by atoms with Crippen LogP contribution in [0.25, 0.3) is 0 Å². The van der Waals surface area contributed by atoms with Crippen LogP contribution in [-0.2, 0) is 13.1 Å². The quantitative estimate of drug-likeness (QED) is 0.929. The minimum absolute atomic E-state index is 0.0126. The maximum Gasteiger partial charge on any atom is 0.141 e. The van der Waals surface area contributed by atoms with Gasteiger partial charge in [-0.15, -0.1) is 0 Å². The molecule has 1 heterocycles. The van der Waals surface area contributed by atoms with Crippen LogP contribution in [-0.4, -0.2) is 20.3 Å². The van der Waals surface area contributed by atoms with Crippen molar-refractivity contribution in [1.29, 1.82) is 0 Å². The minimum Gasteiger partial charge on any atom is -0.305 e. The predicted molar refractivity (Wildman–Crippen MR) is 79.8 cm³/mol. The van der Waals surface area contributed by atoms with E-state index in [2.05, 4.69) is 52.1 Å². The Bertz CT molecular complexity index is 569. The molecule has 0 aliphatic carbocycles. The average Bonchev–Trinajstić information content (AvgIpc) is 2.71. The van der Waals surface area contributed by atoms with Crippen LogP contribution in [0.15, 0.2) is 29.0 Å². The van der Waals surface area contributed by atoms with Crippen LogP contribution < -0.4 is 5.32 Å². The zero-order valence-electron chi connectivity index (χ0n) is 11.8. The molecule has 4 nitrogen and oxygen atoms in total. The molecular formula is C14H18BrFN4. The Balaban J connectivity index is 2.12. The Labute approximate surface area is 126 Å². The van der Waals surface area contributed by atoms with Crippen molar-refractivity contribution in [2.75, 3.05) is 0 Å². The van der Waals surface area contributed by atoms with E-state index in [1.807, 2.05) is 6.07 Å². The fraction of sp³-hybridized carbons (Fsp3) is 0.429. The number of halogens is 2. The fourth-order valence-electron chi connectivity index (χ4n) is 1.78. The van der Waals surface area contributed by atoms with Gasteiger partial charge in [0.1, 0.15) is 18.0 Å². The summed E-state index contributed by atoms with van der Waals surface area (Å²) >= 11 is 3.29. The summed E-state index contributed by atoms with van der Waals surface area (Å²) in [4.78, 5) is 4.24. The van der Waals surface area contributed by atoms with Gasteiger partial charge in [-0.2, -0.15) is 5.10 Å². The molecule has 0 saturated carbocycles. The second-order valence-corrected chi connectivity index (χ2v) is 6.63. The first-order chi connectivity index (χ1) is 9.33. The summed E-state index contributed by atoms with van der Waals surface area (Å²) in [6.45, 7) is 7.41. The summed E-state index contributed by atoms with van der Waals surface area (Å²) in [5.41, 5.74) is 0.859. The second-order valence-electron chi connectivity index (χ2n) is 5.72. The summed E-state index contributed by atoms with van der Waals surface area (Å²) in [5.74, 6) is 0.573. The Morgan fingerprint density at radius 3 is 2.70 bits per heavy atom. The third-order valence-corrected chi connectivity index (χ3v) is 3.19. The maximum atomic E-state index is 13.4. The van der Waals surface area contributed by atoms with E-state index >= 15 is 0 Å². The van der Waals surface area contributed by atoms with E-state index < -0.39 is 0 Å². The van der Waals surface area contributed by atoms with Crippen LogP contribution in [0.5, 0.6) is 0 Å². The van der Waals surface area contributed by atoms with Gasteiger partial charge in [0.2, 0.25) is 0 Å². The van der Waals surface area contributed by atoms with Gasteiger partial charge in [-0.25, -0.2) is 14.1 Å². The zero-order chi connectivity index (χ0) is 14.8. The van der Waals surface area contributed by atoms with Gasteiger partial charge in [0, 0.05) is 10.0 Å². The first-order valence-electron chi connectivity index (χ1n) is 6.40. The standard InChI is InChI=1S/C14H18BrFN4/c1-14(2,3)18-7-13-17-9-19-20(13)8-10-4-11(15)6-12(16)5-10/h4-6,9,18H,7-8H2,1-3H3. The predicted octanol–water partition coefficient (Wildman–Crippen LogP) is 3.12. The maximum absolute atomic E-state index is 13.4. The molecule has 2 aromatic rings. The highest BCUT2D eigenvalue weighted by atomic mass is 79.9. The number of hydrogen-bond acceptors (Lipinski definition) is 3. The van der Waals surface area contributed by atoms with E-state index in [1.54, 1.807) is 4.68 Å². The molecule has 1 aromatic carbocycles. The van der Waals surface area contributed by atoms with Gasteiger partial charge in [-0.3, -0.25) is 0 Å².